The molecule has 1 amide bonds. The Labute approximate surface area is 124 Å². The van der Waals surface area contributed by atoms with E-state index in [1.807, 2.05) is 50.2 Å². The maximum absolute atomic E-state index is 11.9. The molecule has 20 heavy (non-hydrogen) atoms. The van der Waals surface area contributed by atoms with Crippen LogP contribution in [-0.2, 0) is 4.79 Å². The van der Waals surface area contributed by atoms with E-state index in [0.717, 1.165) is 22.5 Å². The molecule has 2 N–H and O–H groups in total. The molecule has 0 aliphatic carbocycles. The van der Waals surface area contributed by atoms with E-state index in [1.165, 1.54) is 0 Å². The molecular weight excluding hydrogens is 272 g/mol. The number of carbonyl (C=O) groups excluding carboxylic acids is 1. The maximum atomic E-state index is 11.9. The van der Waals surface area contributed by atoms with E-state index in [9.17, 15) is 4.79 Å². The lowest BCUT2D eigenvalue weighted by molar-refractivity contribution is -0.114. The minimum atomic E-state index is -0.0787. The molecule has 2 aromatic rings. The highest BCUT2D eigenvalue weighted by Gasteiger charge is 2.04. The normalized spacial score (nSPS) is 10.2. The summed E-state index contributed by atoms with van der Waals surface area (Å²) >= 11 is 5.89. The standard InChI is InChI=1S/C16H17ClN2O/c1-11-4-3-5-14(8-11)19-16(20)10-18-15-7-6-13(17)9-12(15)2/h3-9,18H,10H2,1-2H3,(H,19,20). The van der Waals surface area contributed by atoms with E-state index < -0.39 is 0 Å². The van der Waals surface area contributed by atoms with Crippen LogP contribution in [0.1, 0.15) is 11.1 Å². The predicted molar refractivity (Wildman–Crippen MR) is 84.5 cm³/mol. The van der Waals surface area contributed by atoms with Gasteiger partial charge in [0.05, 0.1) is 6.54 Å². The molecule has 0 fully saturated rings. The van der Waals surface area contributed by atoms with Crippen molar-refractivity contribution < 1.29 is 4.79 Å². The van der Waals surface area contributed by atoms with E-state index in [4.69, 9.17) is 11.6 Å². The van der Waals surface area contributed by atoms with E-state index in [2.05, 4.69) is 10.6 Å². The Morgan fingerprint density at radius 3 is 2.65 bits per heavy atom. The lowest BCUT2D eigenvalue weighted by Gasteiger charge is -2.10. The first-order valence-corrected chi connectivity index (χ1v) is 6.79. The number of carbonyl (C=O) groups is 1. The van der Waals surface area contributed by atoms with Crippen LogP contribution in [0.5, 0.6) is 0 Å². The summed E-state index contributed by atoms with van der Waals surface area (Å²) in [5, 5.41) is 6.65. The smallest absolute Gasteiger partial charge is 0.243 e. The summed E-state index contributed by atoms with van der Waals surface area (Å²) in [6.07, 6.45) is 0. The fourth-order valence-electron chi connectivity index (χ4n) is 1.93. The molecular formula is C16H17ClN2O. The van der Waals surface area contributed by atoms with Gasteiger partial charge in [-0.3, -0.25) is 4.79 Å². The first-order valence-electron chi connectivity index (χ1n) is 6.41. The van der Waals surface area contributed by atoms with Crippen molar-refractivity contribution in [3.8, 4) is 0 Å². The minimum Gasteiger partial charge on any atom is -0.376 e. The molecule has 3 nitrogen and oxygen atoms in total. The molecule has 104 valence electrons. The first kappa shape index (κ1) is 14.4. The van der Waals surface area contributed by atoms with Crippen LogP contribution in [0.3, 0.4) is 0 Å². The van der Waals surface area contributed by atoms with Crippen LogP contribution < -0.4 is 10.6 Å². The van der Waals surface area contributed by atoms with Crippen molar-refractivity contribution in [1.29, 1.82) is 0 Å². The number of amides is 1. The number of rotatable bonds is 4. The van der Waals surface area contributed by atoms with Crippen molar-refractivity contribution in [2.45, 2.75) is 13.8 Å². The largest absolute Gasteiger partial charge is 0.376 e. The van der Waals surface area contributed by atoms with Crippen LogP contribution in [0.4, 0.5) is 11.4 Å². The summed E-state index contributed by atoms with van der Waals surface area (Å²) in [5.74, 6) is -0.0787. The molecule has 0 spiro atoms. The lowest BCUT2D eigenvalue weighted by Crippen LogP contribution is -2.22. The minimum absolute atomic E-state index is 0.0787. The Morgan fingerprint density at radius 2 is 1.95 bits per heavy atom. The van der Waals surface area contributed by atoms with Crippen LogP contribution in [-0.4, -0.2) is 12.5 Å². The highest BCUT2D eigenvalue weighted by atomic mass is 35.5. The second-order valence-electron chi connectivity index (χ2n) is 4.73. The van der Waals surface area contributed by atoms with Crippen LogP contribution in [0.15, 0.2) is 42.5 Å². The molecule has 0 bridgehead atoms. The Balaban J connectivity index is 1.92. The number of hydrogen-bond acceptors (Lipinski definition) is 2. The predicted octanol–water partition coefficient (Wildman–Crippen LogP) is 4.01. The maximum Gasteiger partial charge on any atom is 0.243 e. The van der Waals surface area contributed by atoms with Gasteiger partial charge in [-0.1, -0.05) is 23.7 Å². The summed E-state index contributed by atoms with van der Waals surface area (Å²) in [6, 6.07) is 13.3. The van der Waals surface area contributed by atoms with Crippen LogP contribution >= 0.6 is 11.6 Å². The van der Waals surface area contributed by atoms with Crippen molar-refractivity contribution in [2.75, 3.05) is 17.2 Å². The van der Waals surface area contributed by atoms with Gasteiger partial charge >= 0.3 is 0 Å². The average molecular weight is 289 g/mol. The molecule has 2 rings (SSSR count). The van der Waals surface area contributed by atoms with Crippen molar-refractivity contribution in [3.63, 3.8) is 0 Å². The monoisotopic (exact) mass is 288 g/mol. The molecule has 0 heterocycles. The highest BCUT2D eigenvalue weighted by molar-refractivity contribution is 6.30. The van der Waals surface area contributed by atoms with E-state index in [1.54, 1.807) is 6.07 Å². The van der Waals surface area contributed by atoms with Crippen molar-refractivity contribution in [1.82, 2.24) is 0 Å². The second-order valence-corrected chi connectivity index (χ2v) is 5.17. The van der Waals surface area contributed by atoms with Crippen molar-refractivity contribution >= 4 is 28.9 Å². The summed E-state index contributed by atoms with van der Waals surface area (Å²) in [5.41, 5.74) is 3.85. The third-order valence-electron chi connectivity index (χ3n) is 2.93. The van der Waals surface area contributed by atoms with E-state index >= 15 is 0 Å². The topological polar surface area (TPSA) is 41.1 Å². The first-order chi connectivity index (χ1) is 9.54. The molecule has 0 atom stereocenters. The molecule has 0 aliphatic rings. The molecule has 0 saturated heterocycles. The van der Waals surface area contributed by atoms with Crippen LogP contribution in [0.2, 0.25) is 5.02 Å². The quantitative estimate of drug-likeness (QED) is 0.892. The fourth-order valence-corrected chi connectivity index (χ4v) is 2.16. The van der Waals surface area contributed by atoms with Gasteiger partial charge < -0.3 is 10.6 Å². The number of benzene rings is 2. The van der Waals surface area contributed by atoms with Crippen LogP contribution in [0.25, 0.3) is 0 Å². The second kappa shape index (κ2) is 6.44. The molecule has 0 saturated carbocycles. The van der Waals surface area contributed by atoms with Crippen LogP contribution in [0, 0.1) is 13.8 Å². The molecule has 0 unspecified atom stereocenters. The van der Waals surface area contributed by atoms with Gasteiger partial charge in [-0.05, 0) is 55.3 Å². The third kappa shape index (κ3) is 4.00. The zero-order valence-corrected chi connectivity index (χ0v) is 12.3. The summed E-state index contributed by atoms with van der Waals surface area (Å²) in [7, 11) is 0. The Kier molecular flexibility index (Phi) is 4.64. The van der Waals surface area contributed by atoms with Gasteiger partial charge in [-0.2, -0.15) is 0 Å². The fraction of sp³-hybridized carbons (Fsp3) is 0.188. The molecule has 2 aromatic carbocycles. The van der Waals surface area contributed by atoms with Gasteiger partial charge in [0.15, 0.2) is 0 Å². The third-order valence-corrected chi connectivity index (χ3v) is 3.16. The number of aryl methyl sites for hydroxylation is 2. The number of anilines is 2. The van der Waals surface area contributed by atoms with E-state index in [-0.39, 0.29) is 12.5 Å². The van der Waals surface area contributed by atoms with Crippen molar-refractivity contribution in [3.05, 3.63) is 58.6 Å². The van der Waals surface area contributed by atoms with Gasteiger partial charge in [0.2, 0.25) is 5.91 Å². The van der Waals surface area contributed by atoms with Gasteiger partial charge in [0.25, 0.3) is 0 Å². The zero-order chi connectivity index (χ0) is 14.5. The Morgan fingerprint density at radius 1 is 1.15 bits per heavy atom. The summed E-state index contributed by atoms with van der Waals surface area (Å²) < 4.78 is 0. The van der Waals surface area contributed by atoms with Gasteiger partial charge in [0.1, 0.15) is 0 Å². The number of halogens is 1. The Bertz CT molecular complexity index is 626. The summed E-state index contributed by atoms with van der Waals surface area (Å²) in [6.45, 7) is 4.16. The van der Waals surface area contributed by atoms with Gasteiger partial charge in [-0.15, -0.1) is 0 Å². The molecule has 0 aromatic heterocycles. The number of nitrogens with one attached hydrogen (secondary N) is 2. The van der Waals surface area contributed by atoms with Gasteiger partial charge in [0, 0.05) is 16.4 Å². The zero-order valence-electron chi connectivity index (χ0n) is 11.5. The SMILES string of the molecule is Cc1cccc(NC(=O)CNc2ccc(Cl)cc2C)c1. The van der Waals surface area contributed by atoms with Gasteiger partial charge in [-0.25, -0.2) is 0 Å². The summed E-state index contributed by atoms with van der Waals surface area (Å²) in [4.78, 5) is 11.9. The lowest BCUT2D eigenvalue weighted by atomic mass is 10.2. The average Bonchev–Trinajstić information content (AvgIpc) is 2.37. The molecule has 4 heteroatoms. The Hall–Kier alpha value is -2.00. The molecule has 0 aliphatic heterocycles. The van der Waals surface area contributed by atoms with E-state index in [0.29, 0.717) is 5.02 Å². The highest BCUT2D eigenvalue weighted by Crippen LogP contribution is 2.19. The number of hydrogen-bond donors (Lipinski definition) is 2. The van der Waals surface area contributed by atoms with Crippen molar-refractivity contribution in [2.24, 2.45) is 0 Å². The molecule has 0 radical (unpaired) electrons.